The van der Waals surface area contributed by atoms with Crippen molar-refractivity contribution >= 4 is 0 Å². The molecule has 0 unspecified atom stereocenters. The molecule has 0 saturated carbocycles. The number of rotatable bonds is 7. The second-order valence-electron chi connectivity index (χ2n) is 5.62. The maximum atomic E-state index is 6.00. The highest BCUT2D eigenvalue weighted by Crippen LogP contribution is 2.25. The van der Waals surface area contributed by atoms with Crippen molar-refractivity contribution in [3.8, 4) is 5.75 Å². The Morgan fingerprint density at radius 3 is 2.76 bits per heavy atom. The number of ether oxygens (including phenoxy) is 1. The zero-order valence-corrected chi connectivity index (χ0v) is 13.4. The van der Waals surface area contributed by atoms with Gasteiger partial charge in [-0.25, -0.2) is 0 Å². The molecule has 0 saturated heterocycles. The molecule has 1 N–H and O–H groups in total. The third kappa shape index (κ3) is 4.11. The molecule has 0 atom stereocenters. The summed E-state index contributed by atoms with van der Waals surface area (Å²) in [5.74, 6) is 2.41. The minimum Gasteiger partial charge on any atom is -0.488 e. The average Bonchev–Trinajstić information content (AvgIpc) is 2.91. The highest BCUT2D eigenvalue weighted by atomic mass is 16.5. The van der Waals surface area contributed by atoms with E-state index in [1.807, 2.05) is 6.07 Å². The fraction of sp³-hybridized carbons (Fsp3) is 0.444. The summed E-state index contributed by atoms with van der Waals surface area (Å²) in [6.45, 7) is 10.8. The highest BCUT2D eigenvalue weighted by Gasteiger charge is 2.09. The molecule has 1 heterocycles. The minimum atomic E-state index is 0.506. The van der Waals surface area contributed by atoms with Crippen molar-refractivity contribution in [3.05, 3.63) is 53.0 Å². The first-order chi connectivity index (χ1) is 10.1. The van der Waals surface area contributed by atoms with Crippen LogP contribution < -0.4 is 10.1 Å². The molecule has 1 aromatic heterocycles. The predicted molar refractivity (Wildman–Crippen MR) is 85.7 cm³/mol. The third-order valence-corrected chi connectivity index (χ3v) is 3.64. The third-order valence-electron chi connectivity index (χ3n) is 3.64. The molecular weight excluding hydrogens is 262 g/mol. The monoisotopic (exact) mass is 287 g/mol. The molecule has 2 aromatic rings. The molecular formula is C18H25NO2. The molecule has 3 nitrogen and oxygen atoms in total. The van der Waals surface area contributed by atoms with Gasteiger partial charge in [-0.3, -0.25) is 0 Å². The van der Waals surface area contributed by atoms with Gasteiger partial charge in [0.25, 0.3) is 0 Å². The summed E-state index contributed by atoms with van der Waals surface area (Å²) in [6.07, 6.45) is 1.72. The number of nitrogens with one attached hydrogen (secondary N) is 1. The van der Waals surface area contributed by atoms with E-state index in [0.717, 1.165) is 35.7 Å². The number of furan rings is 1. The van der Waals surface area contributed by atoms with Gasteiger partial charge in [0.1, 0.15) is 18.1 Å². The summed E-state index contributed by atoms with van der Waals surface area (Å²) in [5.41, 5.74) is 3.57. The normalized spacial score (nSPS) is 11.1. The molecule has 21 heavy (non-hydrogen) atoms. The van der Waals surface area contributed by atoms with Crippen LogP contribution in [0.4, 0.5) is 0 Å². The van der Waals surface area contributed by atoms with Gasteiger partial charge in [-0.15, -0.1) is 0 Å². The molecule has 0 amide bonds. The standard InChI is InChI=1S/C18H25NO2/c1-5-19-11-18-16(8-9-20-18)12-21-17-10-15(13(2)3)7-6-14(17)4/h6-10,13,19H,5,11-12H2,1-4H3. The Kier molecular flexibility index (Phi) is 5.45. The first-order valence-electron chi connectivity index (χ1n) is 7.61. The first-order valence-corrected chi connectivity index (χ1v) is 7.61. The minimum absolute atomic E-state index is 0.506. The number of hydrogen-bond acceptors (Lipinski definition) is 3. The average molecular weight is 287 g/mol. The van der Waals surface area contributed by atoms with Crippen LogP contribution in [0.1, 0.15) is 49.1 Å². The van der Waals surface area contributed by atoms with Gasteiger partial charge in [0.15, 0.2) is 0 Å². The highest BCUT2D eigenvalue weighted by molar-refractivity contribution is 5.38. The van der Waals surface area contributed by atoms with Crippen molar-refractivity contribution in [2.45, 2.75) is 46.8 Å². The molecule has 0 aliphatic heterocycles. The van der Waals surface area contributed by atoms with Crippen LogP contribution in [0.15, 0.2) is 34.9 Å². The van der Waals surface area contributed by atoms with Crippen molar-refractivity contribution in [1.29, 1.82) is 0 Å². The van der Waals surface area contributed by atoms with Gasteiger partial charge < -0.3 is 14.5 Å². The van der Waals surface area contributed by atoms with Crippen molar-refractivity contribution < 1.29 is 9.15 Å². The van der Waals surface area contributed by atoms with Gasteiger partial charge >= 0.3 is 0 Å². The quantitative estimate of drug-likeness (QED) is 0.819. The van der Waals surface area contributed by atoms with Crippen LogP contribution in [0.2, 0.25) is 0 Å². The van der Waals surface area contributed by atoms with Crippen molar-refractivity contribution in [1.82, 2.24) is 5.32 Å². The summed E-state index contributed by atoms with van der Waals surface area (Å²) >= 11 is 0. The summed E-state index contributed by atoms with van der Waals surface area (Å²) in [4.78, 5) is 0. The maximum Gasteiger partial charge on any atom is 0.124 e. The van der Waals surface area contributed by atoms with Gasteiger partial charge in [-0.05, 0) is 42.6 Å². The maximum absolute atomic E-state index is 6.00. The van der Waals surface area contributed by atoms with E-state index in [4.69, 9.17) is 9.15 Å². The van der Waals surface area contributed by atoms with E-state index in [-0.39, 0.29) is 0 Å². The molecule has 2 rings (SSSR count). The zero-order valence-electron chi connectivity index (χ0n) is 13.4. The first kappa shape index (κ1) is 15.6. The molecule has 0 spiro atoms. The van der Waals surface area contributed by atoms with Gasteiger partial charge in [0, 0.05) is 5.56 Å². The lowest BCUT2D eigenvalue weighted by atomic mass is 10.0. The van der Waals surface area contributed by atoms with Crippen molar-refractivity contribution in [3.63, 3.8) is 0 Å². The number of hydrogen-bond donors (Lipinski definition) is 1. The Balaban J connectivity index is 2.06. The second-order valence-corrected chi connectivity index (χ2v) is 5.62. The largest absolute Gasteiger partial charge is 0.488 e. The van der Waals surface area contributed by atoms with E-state index in [0.29, 0.717) is 12.5 Å². The predicted octanol–water partition coefficient (Wildman–Crippen LogP) is 4.40. The summed E-state index contributed by atoms with van der Waals surface area (Å²) < 4.78 is 11.5. The van der Waals surface area contributed by atoms with Crippen LogP contribution >= 0.6 is 0 Å². The molecule has 0 radical (unpaired) electrons. The Labute approximate surface area is 127 Å². The van der Waals surface area contributed by atoms with Gasteiger partial charge in [-0.1, -0.05) is 32.9 Å². The molecule has 0 bridgehead atoms. The Bertz CT molecular complexity index is 572. The van der Waals surface area contributed by atoms with E-state index < -0.39 is 0 Å². The SMILES string of the molecule is CCNCc1occc1COc1cc(C(C)C)ccc1C. The van der Waals surface area contributed by atoms with Gasteiger partial charge in [-0.2, -0.15) is 0 Å². The smallest absolute Gasteiger partial charge is 0.124 e. The fourth-order valence-corrected chi connectivity index (χ4v) is 2.18. The van der Waals surface area contributed by atoms with E-state index >= 15 is 0 Å². The van der Waals surface area contributed by atoms with Crippen LogP contribution in [-0.2, 0) is 13.2 Å². The lowest BCUT2D eigenvalue weighted by Gasteiger charge is -2.13. The molecule has 3 heteroatoms. The van der Waals surface area contributed by atoms with E-state index in [1.165, 1.54) is 5.56 Å². The van der Waals surface area contributed by atoms with Crippen LogP contribution in [0.25, 0.3) is 0 Å². The van der Waals surface area contributed by atoms with Gasteiger partial charge in [0.2, 0.25) is 0 Å². The lowest BCUT2D eigenvalue weighted by Crippen LogP contribution is -2.12. The van der Waals surface area contributed by atoms with Gasteiger partial charge in [0.05, 0.1) is 12.8 Å². The molecule has 1 aromatic carbocycles. The summed E-state index contributed by atoms with van der Waals surface area (Å²) in [5, 5.41) is 3.28. The van der Waals surface area contributed by atoms with Crippen molar-refractivity contribution in [2.24, 2.45) is 0 Å². The van der Waals surface area contributed by atoms with E-state index in [1.54, 1.807) is 6.26 Å². The second kappa shape index (κ2) is 7.32. The number of aryl methyl sites for hydroxylation is 1. The number of benzene rings is 1. The summed E-state index contributed by atoms with van der Waals surface area (Å²) in [7, 11) is 0. The zero-order chi connectivity index (χ0) is 15.2. The summed E-state index contributed by atoms with van der Waals surface area (Å²) in [6, 6.07) is 8.42. The topological polar surface area (TPSA) is 34.4 Å². The Morgan fingerprint density at radius 1 is 1.24 bits per heavy atom. The van der Waals surface area contributed by atoms with Crippen LogP contribution in [0, 0.1) is 6.92 Å². The van der Waals surface area contributed by atoms with Crippen LogP contribution in [-0.4, -0.2) is 6.54 Å². The Hall–Kier alpha value is -1.74. The van der Waals surface area contributed by atoms with E-state index in [2.05, 4.69) is 51.2 Å². The van der Waals surface area contributed by atoms with Crippen molar-refractivity contribution in [2.75, 3.05) is 6.54 Å². The molecule has 0 fully saturated rings. The van der Waals surface area contributed by atoms with Crippen LogP contribution in [0.5, 0.6) is 5.75 Å². The Morgan fingerprint density at radius 2 is 2.05 bits per heavy atom. The molecule has 0 aliphatic rings. The van der Waals surface area contributed by atoms with E-state index in [9.17, 15) is 0 Å². The molecule has 114 valence electrons. The molecule has 0 aliphatic carbocycles. The van der Waals surface area contributed by atoms with Crippen LogP contribution in [0.3, 0.4) is 0 Å². The lowest BCUT2D eigenvalue weighted by molar-refractivity contribution is 0.299. The fourth-order valence-electron chi connectivity index (χ4n) is 2.18.